The molecule has 176 valence electrons. The van der Waals surface area contributed by atoms with Crippen molar-refractivity contribution in [3.63, 3.8) is 0 Å². The molecule has 0 spiro atoms. The van der Waals surface area contributed by atoms with Crippen LogP contribution in [0.3, 0.4) is 0 Å². The van der Waals surface area contributed by atoms with Crippen molar-refractivity contribution in [3.05, 3.63) is 37.1 Å². The number of fused-ring (bicyclic) bond motifs is 1. The third-order valence-corrected chi connectivity index (χ3v) is 5.82. The maximum Gasteiger partial charge on any atom is 0.182 e. The lowest BCUT2D eigenvalue weighted by Gasteiger charge is -2.46. The Morgan fingerprint density at radius 3 is 2.33 bits per heavy atom. The number of hydrogen-bond donors (Lipinski definition) is 3. The first-order valence-electron chi connectivity index (χ1n) is 10.4. The van der Waals surface area contributed by atoms with Crippen LogP contribution in [0.4, 0.5) is 0 Å². The maximum absolute atomic E-state index is 10.5. The molecule has 1 fully saturated rings. The Hall–Kier alpha value is -2.75. The van der Waals surface area contributed by atoms with Gasteiger partial charge in [-0.1, -0.05) is 0 Å². The van der Waals surface area contributed by atoms with E-state index >= 15 is 0 Å². The normalized spacial score (nSPS) is 17.3. The molecular weight excluding hydrogens is 463 g/mol. The average Bonchev–Trinajstić information content (AvgIpc) is 3.35. The first kappa shape index (κ1) is 24.9. The molecule has 0 radical (unpaired) electrons. The van der Waals surface area contributed by atoms with Gasteiger partial charge in [0.1, 0.15) is 22.7 Å². The number of piperidine rings is 1. The fraction of sp³-hybridized carbons (Fsp3) is 0.409. The summed E-state index contributed by atoms with van der Waals surface area (Å²) in [5, 5.41) is 29.8. The highest BCUT2D eigenvalue weighted by Crippen LogP contribution is 2.37. The molecule has 1 aliphatic rings. The van der Waals surface area contributed by atoms with Crippen LogP contribution in [0.1, 0.15) is 46.6 Å². The van der Waals surface area contributed by atoms with Crippen LogP contribution in [-0.4, -0.2) is 51.1 Å². The predicted molar refractivity (Wildman–Crippen MR) is 132 cm³/mol. The van der Waals surface area contributed by atoms with Crippen LogP contribution in [0.25, 0.3) is 33.7 Å². The molecular formula is C22H28Cl2N8O. The molecule has 33 heavy (non-hydrogen) atoms. The molecule has 0 aromatic carbocycles. The van der Waals surface area contributed by atoms with E-state index < -0.39 is 0 Å². The van der Waals surface area contributed by atoms with Gasteiger partial charge in [0.2, 0.25) is 0 Å². The molecule has 5 rings (SSSR count). The molecule has 4 aromatic heterocycles. The zero-order valence-corrected chi connectivity index (χ0v) is 20.5. The van der Waals surface area contributed by atoms with Crippen LogP contribution in [0.5, 0.6) is 5.75 Å². The monoisotopic (exact) mass is 490 g/mol. The van der Waals surface area contributed by atoms with Crippen molar-refractivity contribution in [1.82, 2.24) is 40.2 Å². The molecule has 1 aliphatic heterocycles. The van der Waals surface area contributed by atoms with E-state index in [0.29, 0.717) is 11.4 Å². The van der Waals surface area contributed by atoms with Crippen LogP contribution in [-0.2, 0) is 0 Å². The van der Waals surface area contributed by atoms with E-state index in [9.17, 15) is 5.11 Å². The van der Waals surface area contributed by atoms with E-state index in [1.165, 1.54) is 0 Å². The van der Waals surface area contributed by atoms with Crippen molar-refractivity contribution in [2.24, 2.45) is 0 Å². The van der Waals surface area contributed by atoms with Gasteiger partial charge >= 0.3 is 0 Å². The van der Waals surface area contributed by atoms with Crippen molar-refractivity contribution < 1.29 is 5.11 Å². The summed E-state index contributed by atoms with van der Waals surface area (Å²) in [5.41, 5.74) is 3.99. The minimum atomic E-state index is 0. The lowest BCUT2D eigenvalue weighted by molar-refractivity contribution is 0.134. The summed E-state index contributed by atoms with van der Waals surface area (Å²) >= 11 is 0. The summed E-state index contributed by atoms with van der Waals surface area (Å²) in [6.07, 6.45) is 8.91. The SMILES string of the molecule is CC1(C)CC(n2cnc3cc(-c4ncc(-c5cn[nH]c5)cc4O)nnc32)CC(C)(C)N1.Cl.Cl. The third kappa shape index (κ3) is 4.80. The molecule has 0 unspecified atom stereocenters. The lowest BCUT2D eigenvalue weighted by atomic mass is 9.79. The first-order valence-corrected chi connectivity index (χ1v) is 10.4. The Labute approximate surface area is 204 Å². The molecule has 5 heterocycles. The number of imidazole rings is 1. The average molecular weight is 491 g/mol. The van der Waals surface area contributed by atoms with E-state index in [4.69, 9.17) is 0 Å². The van der Waals surface area contributed by atoms with Crippen LogP contribution in [0.2, 0.25) is 0 Å². The van der Waals surface area contributed by atoms with Crippen molar-refractivity contribution in [2.45, 2.75) is 57.7 Å². The number of pyridine rings is 1. The Morgan fingerprint density at radius 2 is 1.70 bits per heavy atom. The quantitative estimate of drug-likeness (QED) is 0.391. The molecule has 4 aromatic rings. The van der Waals surface area contributed by atoms with E-state index in [1.807, 2.05) is 12.4 Å². The van der Waals surface area contributed by atoms with Crippen molar-refractivity contribution >= 4 is 36.0 Å². The fourth-order valence-electron chi connectivity index (χ4n) is 4.90. The van der Waals surface area contributed by atoms with Crippen LogP contribution in [0.15, 0.2) is 37.1 Å². The lowest BCUT2D eigenvalue weighted by Crippen LogP contribution is -2.57. The third-order valence-electron chi connectivity index (χ3n) is 5.82. The zero-order chi connectivity index (χ0) is 21.8. The molecule has 0 aliphatic carbocycles. The number of halogens is 2. The second-order valence-corrected chi connectivity index (χ2v) is 9.62. The Kier molecular flexibility index (Phi) is 6.70. The summed E-state index contributed by atoms with van der Waals surface area (Å²) in [6, 6.07) is 3.75. The number of H-pyrrole nitrogens is 1. The van der Waals surface area contributed by atoms with Gasteiger partial charge in [0.05, 0.1) is 12.5 Å². The summed E-state index contributed by atoms with van der Waals surface area (Å²) in [5.74, 6) is 0.0358. The Balaban J connectivity index is 0.00000153. The predicted octanol–water partition coefficient (Wildman–Crippen LogP) is 4.31. The van der Waals surface area contributed by atoms with E-state index in [-0.39, 0.29) is 47.7 Å². The molecule has 0 saturated carbocycles. The highest BCUT2D eigenvalue weighted by atomic mass is 35.5. The molecule has 3 N–H and O–H groups in total. The highest BCUT2D eigenvalue weighted by Gasteiger charge is 2.38. The fourth-order valence-corrected chi connectivity index (χ4v) is 4.90. The highest BCUT2D eigenvalue weighted by molar-refractivity contribution is 5.85. The summed E-state index contributed by atoms with van der Waals surface area (Å²) < 4.78 is 2.13. The van der Waals surface area contributed by atoms with E-state index in [1.54, 1.807) is 24.7 Å². The Bertz CT molecular complexity index is 1240. The van der Waals surface area contributed by atoms with E-state index in [2.05, 4.69) is 67.9 Å². The van der Waals surface area contributed by atoms with Gasteiger partial charge in [-0.05, 0) is 52.7 Å². The Morgan fingerprint density at radius 1 is 0.970 bits per heavy atom. The molecule has 0 amide bonds. The zero-order valence-electron chi connectivity index (χ0n) is 18.9. The number of hydrogen-bond acceptors (Lipinski definition) is 7. The number of nitrogens with zero attached hydrogens (tertiary/aromatic N) is 6. The second kappa shape index (κ2) is 8.89. The number of aromatic nitrogens is 7. The van der Waals surface area contributed by atoms with Crippen molar-refractivity contribution in [1.29, 1.82) is 0 Å². The van der Waals surface area contributed by atoms with Crippen molar-refractivity contribution in [2.75, 3.05) is 0 Å². The van der Waals surface area contributed by atoms with Gasteiger partial charge in [0, 0.05) is 40.6 Å². The molecule has 9 nitrogen and oxygen atoms in total. The number of nitrogens with one attached hydrogen (secondary N) is 2. The molecule has 1 saturated heterocycles. The second-order valence-electron chi connectivity index (χ2n) is 9.62. The van der Waals surface area contributed by atoms with Crippen LogP contribution < -0.4 is 5.32 Å². The summed E-state index contributed by atoms with van der Waals surface area (Å²) in [6.45, 7) is 8.91. The van der Waals surface area contributed by atoms with E-state index in [0.717, 1.165) is 35.1 Å². The van der Waals surface area contributed by atoms with Crippen LogP contribution >= 0.6 is 24.8 Å². The van der Waals surface area contributed by atoms with Gasteiger partial charge in [-0.15, -0.1) is 35.0 Å². The van der Waals surface area contributed by atoms with Crippen molar-refractivity contribution in [3.8, 4) is 28.3 Å². The van der Waals surface area contributed by atoms with Gasteiger partial charge < -0.3 is 15.0 Å². The van der Waals surface area contributed by atoms with Gasteiger partial charge in [-0.3, -0.25) is 5.10 Å². The van der Waals surface area contributed by atoms with Gasteiger partial charge in [-0.2, -0.15) is 5.10 Å². The molecule has 0 atom stereocenters. The van der Waals surface area contributed by atoms with Gasteiger partial charge in [-0.25, -0.2) is 9.97 Å². The van der Waals surface area contributed by atoms with Gasteiger partial charge in [0.25, 0.3) is 0 Å². The number of rotatable bonds is 3. The first-order chi connectivity index (χ1) is 14.7. The molecule has 0 bridgehead atoms. The summed E-state index contributed by atoms with van der Waals surface area (Å²) in [4.78, 5) is 8.99. The van der Waals surface area contributed by atoms with Crippen LogP contribution in [0, 0.1) is 0 Å². The molecule has 11 heteroatoms. The minimum Gasteiger partial charge on any atom is -0.506 e. The maximum atomic E-state index is 10.5. The number of aromatic hydroxyl groups is 1. The topological polar surface area (TPSA) is 117 Å². The minimum absolute atomic E-state index is 0. The standard InChI is InChI=1S/C22H26N8O.2ClH/c1-21(2)7-15(8-22(3,4)29-21)30-12-24-17-6-16(27-28-20(17)30)19-18(31)5-13(9-23-19)14-10-25-26-11-14;;/h5-6,9-12,15,29,31H,7-8H2,1-4H3,(H,25,26);2*1H. The van der Waals surface area contributed by atoms with Gasteiger partial charge in [0.15, 0.2) is 5.65 Å². The number of aromatic amines is 1. The largest absolute Gasteiger partial charge is 0.506 e. The smallest absolute Gasteiger partial charge is 0.182 e. The summed E-state index contributed by atoms with van der Waals surface area (Å²) in [7, 11) is 0.